The van der Waals surface area contributed by atoms with Gasteiger partial charge in [0.2, 0.25) is 0 Å². The maximum Gasteiger partial charge on any atom is 0.254 e. The predicted octanol–water partition coefficient (Wildman–Crippen LogP) is 3.73. The lowest BCUT2D eigenvalue weighted by Gasteiger charge is -2.14. The molecular formula is C13H11BrF2N2O2S. The van der Waals surface area contributed by atoms with Crippen LogP contribution in [0.15, 0.2) is 15.9 Å². The quantitative estimate of drug-likeness (QED) is 0.883. The lowest BCUT2D eigenvalue weighted by Crippen LogP contribution is -2.16. The van der Waals surface area contributed by atoms with Gasteiger partial charge in [-0.2, -0.15) is 0 Å². The number of carbonyl (C=O) groups excluding carboxylic acids is 1. The number of benzene rings is 1. The first-order valence-electron chi connectivity index (χ1n) is 5.88. The molecule has 0 spiro atoms. The molecule has 112 valence electrons. The van der Waals surface area contributed by atoms with Gasteiger partial charge in [0.1, 0.15) is 22.5 Å². The Balaban J connectivity index is 2.31. The zero-order valence-corrected chi connectivity index (χ0v) is 13.5. The molecule has 2 rings (SSSR count). The van der Waals surface area contributed by atoms with Gasteiger partial charge in [-0.1, -0.05) is 0 Å². The minimum absolute atomic E-state index is 0.248. The van der Waals surface area contributed by atoms with Crippen LogP contribution in [0.2, 0.25) is 0 Å². The van der Waals surface area contributed by atoms with Crippen molar-refractivity contribution in [2.45, 2.75) is 20.0 Å². The Morgan fingerprint density at radius 1 is 1.48 bits per heavy atom. The number of hydrogen-bond donors (Lipinski definition) is 1. The van der Waals surface area contributed by atoms with Gasteiger partial charge >= 0.3 is 0 Å². The van der Waals surface area contributed by atoms with Crippen molar-refractivity contribution in [3.63, 3.8) is 0 Å². The Bertz CT molecular complexity index is 686. The van der Waals surface area contributed by atoms with Gasteiger partial charge in [-0.3, -0.25) is 4.79 Å². The summed E-state index contributed by atoms with van der Waals surface area (Å²) in [7, 11) is 0. The van der Waals surface area contributed by atoms with E-state index in [-0.39, 0.29) is 5.75 Å². The molecule has 1 aromatic heterocycles. The third-order valence-electron chi connectivity index (χ3n) is 2.71. The molecule has 1 atom stereocenters. The van der Waals surface area contributed by atoms with E-state index in [0.29, 0.717) is 5.01 Å². The second-order valence-corrected chi connectivity index (χ2v) is 6.62. The number of primary amides is 1. The van der Waals surface area contributed by atoms with Crippen molar-refractivity contribution in [2.24, 2.45) is 5.73 Å². The molecule has 0 bridgehead atoms. The highest BCUT2D eigenvalue weighted by Gasteiger charge is 2.22. The molecule has 1 heterocycles. The summed E-state index contributed by atoms with van der Waals surface area (Å²) >= 11 is 4.69. The summed E-state index contributed by atoms with van der Waals surface area (Å²) in [5, 5.41) is 0.628. The Morgan fingerprint density at radius 2 is 2.14 bits per heavy atom. The Labute approximate surface area is 132 Å². The van der Waals surface area contributed by atoms with Crippen molar-refractivity contribution in [1.82, 2.24) is 4.98 Å². The highest BCUT2D eigenvalue weighted by molar-refractivity contribution is 9.11. The summed E-state index contributed by atoms with van der Waals surface area (Å²) in [6.07, 6.45) is -0.555. The van der Waals surface area contributed by atoms with E-state index in [1.807, 2.05) is 6.92 Å². The van der Waals surface area contributed by atoms with Gasteiger partial charge in [-0.15, -0.1) is 11.3 Å². The number of rotatable bonds is 4. The van der Waals surface area contributed by atoms with Gasteiger partial charge in [0.25, 0.3) is 5.91 Å². The fourth-order valence-electron chi connectivity index (χ4n) is 1.66. The molecule has 2 aromatic rings. The minimum Gasteiger partial charge on any atom is -0.480 e. The molecule has 1 amide bonds. The zero-order valence-electron chi connectivity index (χ0n) is 11.1. The second kappa shape index (κ2) is 6.07. The van der Waals surface area contributed by atoms with Gasteiger partial charge in [0.15, 0.2) is 11.6 Å². The van der Waals surface area contributed by atoms with E-state index in [9.17, 15) is 13.6 Å². The lowest BCUT2D eigenvalue weighted by molar-refractivity contribution is 0.0990. The molecule has 1 aromatic carbocycles. The van der Waals surface area contributed by atoms with Crippen LogP contribution in [0.4, 0.5) is 8.78 Å². The van der Waals surface area contributed by atoms with Gasteiger partial charge in [0.05, 0.1) is 9.48 Å². The summed E-state index contributed by atoms with van der Waals surface area (Å²) in [6.45, 7) is 3.50. The number of nitrogens with two attached hydrogens (primary N) is 1. The highest BCUT2D eigenvalue weighted by Crippen LogP contribution is 2.32. The van der Waals surface area contributed by atoms with Crippen LogP contribution < -0.4 is 10.5 Å². The number of amides is 1. The van der Waals surface area contributed by atoms with Crippen molar-refractivity contribution in [2.75, 3.05) is 0 Å². The molecule has 0 aliphatic heterocycles. The van der Waals surface area contributed by atoms with E-state index >= 15 is 0 Å². The van der Waals surface area contributed by atoms with Crippen LogP contribution in [0.25, 0.3) is 0 Å². The molecule has 21 heavy (non-hydrogen) atoms. The number of halogens is 3. The number of thiazole rings is 1. The topological polar surface area (TPSA) is 65.2 Å². The monoisotopic (exact) mass is 376 g/mol. The fourth-order valence-corrected chi connectivity index (χ4v) is 3.02. The standard InChI is InChI=1S/C13H11BrF2N2O2S/c1-5-11(14)21-13(18-5)6(2)20-8-4-3-7(15)9(10(8)16)12(17)19/h3-4,6H,1-2H3,(H2,17,19). The van der Waals surface area contributed by atoms with Crippen LogP contribution in [-0.2, 0) is 0 Å². The molecule has 0 fully saturated rings. The Morgan fingerprint density at radius 3 is 2.67 bits per heavy atom. The molecule has 1 unspecified atom stereocenters. The van der Waals surface area contributed by atoms with Gasteiger partial charge in [0, 0.05) is 0 Å². The van der Waals surface area contributed by atoms with E-state index in [1.165, 1.54) is 11.3 Å². The smallest absolute Gasteiger partial charge is 0.254 e. The van der Waals surface area contributed by atoms with Crippen LogP contribution in [0.3, 0.4) is 0 Å². The van der Waals surface area contributed by atoms with E-state index in [2.05, 4.69) is 20.9 Å². The predicted molar refractivity (Wildman–Crippen MR) is 78.5 cm³/mol. The van der Waals surface area contributed by atoms with E-state index in [0.717, 1.165) is 21.6 Å². The van der Waals surface area contributed by atoms with E-state index in [4.69, 9.17) is 10.5 Å². The number of hydrogen-bond acceptors (Lipinski definition) is 4. The third-order valence-corrected chi connectivity index (χ3v) is 4.88. The maximum atomic E-state index is 14.1. The molecule has 0 saturated carbocycles. The SMILES string of the molecule is Cc1nc(C(C)Oc2ccc(F)c(C(N)=O)c2F)sc1Br. The molecule has 0 aliphatic carbocycles. The van der Waals surface area contributed by atoms with Crippen LogP contribution in [0, 0.1) is 18.6 Å². The molecule has 0 saturated heterocycles. The van der Waals surface area contributed by atoms with E-state index in [1.54, 1.807) is 6.92 Å². The van der Waals surface area contributed by atoms with Crippen molar-refractivity contribution >= 4 is 33.2 Å². The maximum absolute atomic E-state index is 14.1. The highest BCUT2D eigenvalue weighted by atomic mass is 79.9. The first-order chi connectivity index (χ1) is 9.81. The molecule has 8 heteroatoms. The molecule has 0 radical (unpaired) electrons. The van der Waals surface area contributed by atoms with Gasteiger partial charge < -0.3 is 10.5 Å². The van der Waals surface area contributed by atoms with Crippen LogP contribution >= 0.6 is 27.3 Å². The van der Waals surface area contributed by atoms with Gasteiger partial charge in [-0.25, -0.2) is 13.8 Å². The lowest BCUT2D eigenvalue weighted by atomic mass is 10.1. The summed E-state index contributed by atoms with van der Waals surface area (Å²) in [5.74, 6) is -3.56. The summed E-state index contributed by atoms with van der Waals surface area (Å²) in [4.78, 5) is 15.3. The van der Waals surface area contributed by atoms with Crippen LogP contribution in [0.1, 0.15) is 34.1 Å². The van der Waals surface area contributed by atoms with Crippen molar-refractivity contribution in [3.05, 3.63) is 43.8 Å². The second-order valence-electron chi connectivity index (χ2n) is 4.27. The van der Waals surface area contributed by atoms with Crippen molar-refractivity contribution < 1.29 is 18.3 Å². The third kappa shape index (κ3) is 3.21. The molecule has 4 nitrogen and oxygen atoms in total. The van der Waals surface area contributed by atoms with Crippen molar-refractivity contribution in [1.29, 1.82) is 0 Å². The number of nitrogens with zero attached hydrogens (tertiary/aromatic N) is 1. The van der Waals surface area contributed by atoms with E-state index < -0.39 is 29.2 Å². The van der Waals surface area contributed by atoms with Gasteiger partial charge in [-0.05, 0) is 41.9 Å². The fraction of sp³-hybridized carbons (Fsp3) is 0.231. The average molecular weight is 377 g/mol. The first-order valence-corrected chi connectivity index (χ1v) is 7.49. The van der Waals surface area contributed by atoms with Crippen molar-refractivity contribution in [3.8, 4) is 5.75 Å². The molecule has 0 aliphatic rings. The molecule has 2 N–H and O–H groups in total. The Kier molecular flexibility index (Phi) is 4.58. The largest absolute Gasteiger partial charge is 0.480 e. The summed E-state index contributed by atoms with van der Waals surface area (Å²) in [6, 6.07) is 2.05. The molecular weight excluding hydrogens is 366 g/mol. The number of ether oxygens (including phenoxy) is 1. The first kappa shape index (κ1) is 15.8. The van der Waals surface area contributed by atoms with Crippen LogP contribution in [-0.4, -0.2) is 10.9 Å². The van der Waals surface area contributed by atoms with Crippen LogP contribution in [0.5, 0.6) is 5.75 Å². The summed E-state index contributed by atoms with van der Waals surface area (Å²) < 4.78 is 33.7. The number of aryl methyl sites for hydroxylation is 1. The normalized spacial score (nSPS) is 12.2. The summed E-state index contributed by atoms with van der Waals surface area (Å²) in [5.41, 5.74) is 4.94. The number of carbonyl (C=O) groups is 1. The minimum atomic E-state index is -1.18. The zero-order chi connectivity index (χ0) is 15.7. The number of aromatic nitrogens is 1. The Hall–Kier alpha value is -1.54. The average Bonchev–Trinajstić information content (AvgIpc) is 2.73.